The Kier molecular flexibility index (Phi) is 6.06. The van der Waals surface area contributed by atoms with Crippen LogP contribution in [0.3, 0.4) is 0 Å². The summed E-state index contributed by atoms with van der Waals surface area (Å²) in [6, 6.07) is 51.9. The van der Waals surface area contributed by atoms with Gasteiger partial charge in [-0.3, -0.25) is 0 Å². The molecular weight excluding hydrogens is 577 g/mol. The lowest BCUT2D eigenvalue weighted by atomic mass is 9.82. The smallest absolute Gasteiger partial charge is 0.160 e. The molecule has 0 radical (unpaired) electrons. The third kappa shape index (κ3) is 4.16. The van der Waals surface area contributed by atoms with Gasteiger partial charge in [-0.05, 0) is 39.9 Å². The molecule has 2 aromatic heterocycles. The molecule has 9 rings (SSSR count). The number of hydrogen-bond donors (Lipinski definition) is 0. The molecule has 0 unspecified atom stereocenters. The summed E-state index contributed by atoms with van der Waals surface area (Å²) in [4.78, 5) is 10.3. The van der Waals surface area contributed by atoms with Gasteiger partial charge in [0.15, 0.2) is 5.82 Å². The number of thiophene rings is 1. The van der Waals surface area contributed by atoms with Gasteiger partial charge in [-0.25, -0.2) is 9.97 Å². The van der Waals surface area contributed by atoms with Gasteiger partial charge < -0.3 is 0 Å². The van der Waals surface area contributed by atoms with Gasteiger partial charge in [0.1, 0.15) is 0 Å². The first-order valence-corrected chi connectivity index (χ1v) is 16.6. The minimum atomic E-state index is -0.113. The normalized spacial score (nSPS) is 13.2. The van der Waals surface area contributed by atoms with Crippen LogP contribution < -0.4 is 0 Å². The molecule has 0 aliphatic heterocycles. The van der Waals surface area contributed by atoms with Crippen molar-refractivity contribution in [3.8, 4) is 56.2 Å². The van der Waals surface area contributed by atoms with Crippen molar-refractivity contribution in [2.24, 2.45) is 0 Å². The molecule has 46 heavy (non-hydrogen) atoms. The summed E-state index contributed by atoms with van der Waals surface area (Å²) in [7, 11) is 0. The summed E-state index contributed by atoms with van der Waals surface area (Å²) in [5, 5.41) is 2.64. The molecule has 0 saturated carbocycles. The highest BCUT2D eigenvalue weighted by atomic mass is 32.1. The lowest BCUT2D eigenvalue weighted by Gasteiger charge is -2.21. The fourth-order valence-electron chi connectivity index (χ4n) is 7.17. The molecular formula is C43H30N2S. The zero-order valence-corrected chi connectivity index (χ0v) is 26.5. The highest BCUT2D eigenvalue weighted by Gasteiger charge is 2.37. The fourth-order valence-corrected chi connectivity index (χ4v) is 8.56. The second-order valence-electron chi connectivity index (χ2n) is 12.6. The predicted octanol–water partition coefficient (Wildman–Crippen LogP) is 11.8. The minimum Gasteiger partial charge on any atom is -0.228 e. The zero-order chi connectivity index (χ0) is 30.8. The summed E-state index contributed by atoms with van der Waals surface area (Å²) < 4.78 is 2.69. The van der Waals surface area contributed by atoms with Crippen molar-refractivity contribution in [1.29, 1.82) is 0 Å². The van der Waals surface area contributed by atoms with E-state index in [1.165, 1.54) is 53.6 Å². The van der Waals surface area contributed by atoms with E-state index in [1.807, 2.05) is 23.5 Å². The molecule has 8 aromatic rings. The molecule has 0 bridgehead atoms. The summed E-state index contributed by atoms with van der Waals surface area (Å²) in [6.45, 7) is 4.71. The second-order valence-corrected chi connectivity index (χ2v) is 13.6. The average Bonchev–Trinajstić information content (AvgIpc) is 3.61. The van der Waals surface area contributed by atoms with Crippen molar-refractivity contribution in [1.82, 2.24) is 9.97 Å². The van der Waals surface area contributed by atoms with E-state index < -0.39 is 0 Å². The van der Waals surface area contributed by atoms with E-state index in [2.05, 4.69) is 147 Å². The Hall–Kier alpha value is -5.38. The van der Waals surface area contributed by atoms with Crippen LogP contribution in [0.2, 0.25) is 0 Å². The summed E-state index contributed by atoms with van der Waals surface area (Å²) in [5.41, 5.74) is 12.8. The first-order valence-electron chi connectivity index (χ1n) is 15.8. The van der Waals surface area contributed by atoms with Gasteiger partial charge in [-0.2, -0.15) is 0 Å². The molecule has 3 heteroatoms. The monoisotopic (exact) mass is 606 g/mol. The number of nitrogens with zero attached hydrogens (tertiary/aromatic N) is 2. The maximum Gasteiger partial charge on any atom is 0.160 e. The molecule has 2 heterocycles. The third-order valence-corrected chi connectivity index (χ3v) is 10.8. The Balaban J connectivity index is 1.27. The van der Waals surface area contributed by atoms with Crippen LogP contribution in [0.15, 0.2) is 146 Å². The van der Waals surface area contributed by atoms with E-state index in [4.69, 9.17) is 9.97 Å². The van der Waals surface area contributed by atoms with Crippen molar-refractivity contribution in [2.45, 2.75) is 19.3 Å². The molecule has 218 valence electrons. The topological polar surface area (TPSA) is 25.8 Å². The van der Waals surface area contributed by atoms with Crippen LogP contribution in [-0.4, -0.2) is 9.97 Å². The van der Waals surface area contributed by atoms with E-state index in [9.17, 15) is 0 Å². The van der Waals surface area contributed by atoms with E-state index >= 15 is 0 Å². The number of rotatable bonds is 4. The van der Waals surface area contributed by atoms with Gasteiger partial charge in [0.05, 0.1) is 11.4 Å². The molecule has 0 spiro atoms. The Morgan fingerprint density at radius 1 is 0.457 bits per heavy atom. The van der Waals surface area contributed by atoms with Gasteiger partial charge in [-0.15, -0.1) is 11.3 Å². The van der Waals surface area contributed by atoms with Gasteiger partial charge >= 0.3 is 0 Å². The minimum absolute atomic E-state index is 0.113. The van der Waals surface area contributed by atoms with Crippen LogP contribution >= 0.6 is 11.3 Å². The van der Waals surface area contributed by atoms with Crippen molar-refractivity contribution >= 4 is 31.5 Å². The Bertz CT molecular complexity index is 2370. The van der Waals surface area contributed by atoms with Gasteiger partial charge in [0.2, 0.25) is 0 Å². The lowest BCUT2D eigenvalue weighted by Crippen LogP contribution is -2.14. The number of hydrogen-bond acceptors (Lipinski definition) is 3. The second kappa shape index (κ2) is 10.3. The molecule has 1 aliphatic rings. The van der Waals surface area contributed by atoms with Crippen LogP contribution in [0, 0.1) is 0 Å². The highest BCUT2D eigenvalue weighted by Crippen LogP contribution is 2.55. The summed E-state index contributed by atoms with van der Waals surface area (Å²) >= 11 is 1.92. The number of benzene rings is 6. The maximum atomic E-state index is 5.15. The van der Waals surface area contributed by atoms with Gasteiger partial charge in [0.25, 0.3) is 0 Å². The Morgan fingerprint density at radius 2 is 1.04 bits per heavy atom. The molecule has 0 amide bonds. The first-order chi connectivity index (χ1) is 22.6. The molecule has 6 aromatic carbocycles. The molecule has 1 aliphatic carbocycles. The lowest BCUT2D eigenvalue weighted by molar-refractivity contribution is 0.661. The number of aromatic nitrogens is 2. The third-order valence-electron chi connectivity index (χ3n) is 9.51. The van der Waals surface area contributed by atoms with Crippen molar-refractivity contribution in [3.05, 3.63) is 157 Å². The molecule has 0 N–H and O–H groups in total. The SMILES string of the molecule is CC1(C)c2ccc(-c3nc(-c4ccccc4)cc(-c4ccccc4)n3)cc2-c2c1ccc1c2sc2c(-c3ccccc3)cccc21. The van der Waals surface area contributed by atoms with Crippen LogP contribution in [-0.2, 0) is 5.41 Å². The van der Waals surface area contributed by atoms with Crippen molar-refractivity contribution in [3.63, 3.8) is 0 Å². The molecule has 2 nitrogen and oxygen atoms in total. The van der Waals surface area contributed by atoms with Crippen LogP contribution in [0.1, 0.15) is 25.0 Å². The van der Waals surface area contributed by atoms with Crippen LogP contribution in [0.25, 0.3) is 76.3 Å². The van der Waals surface area contributed by atoms with Gasteiger partial charge in [-0.1, -0.05) is 147 Å². The molecule has 0 saturated heterocycles. The van der Waals surface area contributed by atoms with Crippen molar-refractivity contribution in [2.75, 3.05) is 0 Å². The van der Waals surface area contributed by atoms with E-state index in [-0.39, 0.29) is 5.41 Å². The largest absolute Gasteiger partial charge is 0.228 e. The Labute approximate surface area is 272 Å². The van der Waals surface area contributed by atoms with E-state index in [0.29, 0.717) is 0 Å². The first kappa shape index (κ1) is 27.0. The maximum absolute atomic E-state index is 5.15. The van der Waals surface area contributed by atoms with Gasteiger partial charge in [0, 0.05) is 47.8 Å². The van der Waals surface area contributed by atoms with E-state index in [1.54, 1.807) is 0 Å². The standard InChI is InChI=1S/C43H30N2S/c1-43(2)35-23-21-30(42-44-37(28-15-8-4-9-16-28)26-38(45-42)29-17-10-5-11-18-29)25-34(35)39-36(43)24-22-33-32-20-12-19-31(40(32)46-41(33)39)27-13-6-3-7-14-27/h3-26H,1-2H3. The highest BCUT2D eigenvalue weighted by molar-refractivity contribution is 7.27. The molecule has 0 atom stereocenters. The summed E-state index contributed by atoms with van der Waals surface area (Å²) in [6.07, 6.45) is 0. The zero-order valence-electron chi connectivity index (χ0n) is 25.7. The fraction of sp³-hybridized carbons (Fsp3) is 0.0698. The van der Waals surface area contributed by atoms with Crippen LogP contribution in [0.4, 0.5) is 0 Å². The predicted molar refractivity (Wildman–Crippen MR) is 194 cm³/mol. The van der Waals surface area contributed by atoms with E-state index in [0.717, 1.165) is 33.9 Å². The number of fused-ring (bicyclic) bond motifs is 7. The average molecular weight is 607 g/mol. The Morgan fingerprint density at radius 3 is 1.70 bits per heavy atom. The summed E-state index contributed by atoms with van der Waals surface area (Å²) in [5.74, 6) is 0.740. The van der Waals surface area contributed by atoms with Crippen molar-refractivity contribution < 1.29 is 0 Å². The molecule has 0 fully saturated rings. The van der Waals surface area contributed by atoms with Crippen LogP contribution in [0.5, 0.6) is 0 Å². The quantitative estimate of drug-likeness (QED) is 0.199.